The van der Waals surface area contributed by atoms with Crippen molar-refractivity contribution in [3.05, 3.63) is 65.0 Å². The summed E-state index contributed by atoms with van der Waals surface area (Å²) in [5.74, 6) is -0.452. The van der Waals surface area contributed by atoms with E-state index >= 15 is 0 Å². The van der Waals surface area contributed by atoms with Crippen molar-refractivity contribution in [3.63, 3.8) is 0 Å². The third-order valence-electron chi connectivity index (χ3n) is 3.17. The van der Waals surface area contributed by atoms with Crippen LogP contribution in [-0.2, 0) is 13.0 Å². The molecule has 0 aromatic heterocycles. The number of hydrogen-bond acceptors (Lipinski definition) is 3. The van der Waals surface area contributed by atoms with Crippen molar-refractivity contribution in [2.24, 2.45) is 5.73 Å². The van der Waals surface area contributed by atoms with Crippen LogP contribution in [0.15, 0.2) is 42.5 Å². The number of hydrogen-bond donors (Lipinski definition) is 1. The number of benzene rings is 2. The predicted molar refractivity (Wildman–Crippen MR) is 75.3 cm³/mol. The van der Waals surface area contributed by atoms with Crippen molar-refractivity contribution in [1.82, 2.24) is 0 Å². The monoisotopic (exact) mass is 273 g/mol. The highest BCUT2D eigenvalue weighted by molar-refractivity contribution is 5.98. The summed E-state index contributed by atoms with van der Waals surface area (Å²) in [6.07, 6.45) is 0.136. The summed E-state index contributed by atoms with van der Waals surface area (Å²) < 4.78 is 18.8. The summed E-state index contributed by atoms with van der Waals surface area (Å²) in [4.78, 5) is 12.2. The number of rotatable bonds is 5. The first kappa shape index (κ1) is 14.2. The van der Waals surface area contributed by atoms with E-state index in [1.807, 2.05) is 24.3 Å². The SMILES string of the molecule is COc1ccc(C(=O)Cc2ccccc2CN)c(F)c1. The fourth-order valence-electron chi connectivity index (χ4n) is 2.05. The molecule has 0 spiro atoms. The Hall–Kier alpha value is -2.20. The molecule has 0 saturated carbocycles. The largest absolute Gasteiger partial charge is 0.497 e. The van der Waals surface area contributed by atoms with E-state index in [1.54, 1.807) is 6.07 Å². The lowest BCUT2D eigenvalue weighted by Crippen LogP contribution is -2.09. The minimum Gasteiger partial charge on any atom is -0.497 e. The molecule has 0 amide bonds. The van der Waals surface area contributed by atoms with E-state index in [4.69, 9.17) is 10.5 Å². The van der Waals surface area contributed by atoms with Crippen LogP contribution in [0.25, 0.3) is 0 Å². The van der Waals surface area contributed by atoms with Crippen LogP contribution >= 0.6 is 0 Å². The van der Waals surface area contributed by atoms with Crippen LogP contribution in [0.1, 0.15) is 21.5 Å². The van der Waals surface area contributed by atoms with E-state index in [9.17, 15) is 9.18 Å². The first-order valence-electron chi connectivity index (χ1n) is 6.29. The Kier molecular flexibility index (Phi) is 4.48. The van der Waals surface area contributed by atoms with E-state index in [2.05, 4.69) is 0 Å². The molecule has 0 radical (unpaired) electrons. The number of Topliss-reactive ketones (excluding diaryl/α,β-unsaturated/α-hetero) is 1. The van der Waals surface area contributed by atoms with Gasteiger partial charge in [-0.3, -0.25) is 4.79 Å². The second kappa shape index (κ2) is 6.30. The fraction of sp³-hybridized carbons (Fsp3) is 0.188. The van der Waals surface area contributed by atoms with Gasteiger partial charge in [0.1, 0.15) is 11.6 Å². The average Bonchev–Trinajstić information content (AvgIpc) is 2.47. The van der Waals surface area contributed by atoms with Crippen molar-refractivity contribution < 1.29 is 13.9 Å². The summed E-state index contributed by atoms with van der Waals surface area (Å²) in [7, 11) is 1.45. The van der Waals surface area contributed by atoms with Gasteiger partial charge in [0.05, 0.1) is 12.7 Å². The minimum absolute atomic E-state index is 0.0672. The van der Waals surface area contributed by atoms with Crippen LogP contribution in [0.5, 0.6) is 5.75 Å². The van der Waals surface area contributed by atoms with Gasteiger partial charge in [0.15, 0.2) is 5.78 Å². The van der Waals surface area contributed by atoms with Crippen LogP contribution in [-0.4, -0.2) is 12.9 Å². The molecule has 3 nitrogen and oxygen atoms in total. The summed E-state index contributed by atoms with van der Waals surface area (Å²) in [6.45, 7) is 0.356. The number of ether oxygens (including phenoxy) is 1. The normalized spacial score (nSPS) is 10.3. The number of carbonyl (C=O) groups is 1. The van der Waals surface area contributed by atoms with Gasteiger partial charge < -0.3 is 10.5 Å². The van der Waals surface area contributed by atoms with Gasteiger partial charge in [-0.1, -0.05) is 24.3 Å². The van der Waals surface area contributed by atoms with Crippen molar-refractivity contribution in [2.45, 2.75) is 13.0 Å². The fourth-order valence-corrected chi connectivity index (χ4v) is 2.05. The topological polar surface area (TPSA) is 52.3 Å². The lowest BCUT2D eigenvalue weighted by molar-refractivity contribution is 0.0989. The van der Waals surface area contributed by atoms with Gasteiger partial charge >= 0.3 is 0 Å². The Balaban J connectivity index is 2.24. The summed E-state index contributed by atoms with van der Waals surface area (Å²) in [5, 5.41) is 0. The smallest absolute Gasteiger partial charge is 0.170 e. The van der Waals surface area contributed by atoms with E-state index in [0.717, 1.165) is 11.1 Å². The summed E-state index contributed by atoms with van der Waals surface area (Å²) in [6, 6.07) is 11.6. The Bertz CT molecular complexity index is 626. The first-order valence-corrected chi connectivity index (χ1v) is 6.29. The number of carbonyl (C=O) groups excluding carboxylic acids is 1. The maximum absolute atomic E-state index is 13.8. The average molecular weight is 273 g/mol. The second-order valence-electron chi connectivity index (χ2n) is 4.42. The second-order valence-corrected chi connectivity index (χ2v) is 4.42. The van der Waals surface area contributed by atoms with Gasteiger partial charge in [0.25, 0.3) is 0 Å². The van der Waals surface area contributed by atoms with Gasteiger partial charge in [-0.05, 0) is 23.3 Å². The highest BCUT2D eigenvalue weighted by atomic mass is 19.1. The molecule has 0 aliphatic carbocycles. The zero-order chi connectivity index (χ0) is 14.5. The molecular weight excluding hydrogens is 257 g/mol. The summed E-state index contributed by atoms with van der Waals surface area (Å²) >= 11 is 0. The molecule has 0 bridgehead atoms. The van der Waals surface area contributed by atoms with E-state index in [-0.39, 0.29) is 17.8 Å². The van der Waals surface area contributed by atoms with Gasteiger partial charge in [-0.25, -0.2) is 4.39 Å². The molecule has 0 unspecified atom stereocenters. The zero-order valence-electron chi connectivity index (χ0n) is 11.2. The first-order chi connectivity index (χ1) is 9.65. The molecule has 0 atom stereocenters. The molecule has 4 heteroatoms. The third-order valence-corrected chi connectivity index (χ3v) is 3.17. The molecular formula is C16H16FNO2. The maximum Gasteiger partial charge on any atom is 0.170 e. The van der Waals surface area contributed by atoms with E-state index in [1.165, 1.54) is 19.2 Å². The van der Waals surface area contributed by atoms with Crippen molar-refractivity contribution in [1.29, 1.82) is 0 Å². The molecule has 0 fully saturated rings. The molecule has 2 rings (SSSR count). The minimum atomic E-state index is -0.570. The number of nitrogens with two attached hydrogens (primary N) is 1. The number of ketones is 1. The number of methoxy groups -OCH3 is 1. The predicted octanol–water partition coefficient (Wildman–Crippen LogP) is 2.72. The molecule has 0 saturated heterocycles. The molecule has 104 valence electrons. The molecule has 2 aromatic rings. The van der Waals surface area contributed by atoms with Crippen LogP contribution in [0.3, 0.4) is 0 Å². The highest BCUT2D eigenvalue weighted by Crippen LogP contribution is 2.19. The van der Waals surface area contributed by atoms with Crippen LogP contribution in [0.2, 0.25) is 0 Å². The Morgan fingerprint density at radius 1 is 1.20 bits per heavy atom. The third kappa shape index (κ3) is 3.03. The zero-order valence-corrected chi connectivity index (χ0v) is 11.2. The van der Waals surface area contributed by atoms with Gasteiger partial charge in [0, 0.05) is 19.0 Å². The van der Waals surface area contributed by atoms with Gasteiger partial charge in [-0.15, -0.1) is 0 Å². The molecule has 2 aromatic carbocycles. The lowest BCUT2D eigenvalue weighted by atomic mass is 9.98. The highest BCUT2D eigenvalue weighted by Gasteiger charge is 2.14. The van der Waals surface area contributed by atoms with Crippen molar-refractivity contribution in [2.75, 3.05) is 7.11 Å². The van der Waals surface area contributed by atoms with Crippen LogP contribution in [0, 0.1) is 5.82 Å². The molecule has 0 aliphatic rings. The molecule has 20 heavy (non-hydrogen) atoms. The van der Waals surface area contributed by atoms with Gasteiger partial charge in [-0.2, -0.15) is 0 Å². The molecule has 0 heterocycles. The molecule has 0 aliphatic heterocycles. The van der Waals surface area contributed by atoms with E-state index < -0.39 is 5.82 Å². The lowest BCUT2D eigenvalue weighted by Gasteiger charge is -2.08. The maximum atomic E-state index is 13.8. The Morgan fingerprint density at radius 3 is 2.50 bits per heavy atom. The van der Waals surface area contributed by atoms with Crippen molar-refractivity contribution in [3.8, 4) is 5.75 Å². The number of halogens is 1. The van der Waals surface area contributed by atoms with Crippen molar-refractivity contribution >= 4 is 5.78 Å². The van der Waals surface area contributed by atoms with Crippen LogP contribution < -0.4 is 10.5 Å². The van der Waals surface area contributed by atoms with Crippen LogP contribution in [0.4, 0.5) is 4.39 Å². The van der Waals surface area contributed by atoms with Gasteiger partial charge in [0.2, 0.25) is 0 Å². The summed E-state index contributed by atoms with van der Waals surface area (Å²) in [5.41, 5.74) is 7.43. The standard InChI is InChI=1S/C16H16FNO2/c1-20-13-6-7-14(15(17)9-13)16(19)8-11-4-2-3-5-12(11)10-18/h2-7,9H,8,10,18H2,1H3. The molecule has 2 N–H and O–H groups in total. The quantitative estimate of drug-likeness (QED) is 0.852. The van der Waals surface area contributed by atoms with E-state index in [0.29, 0.717) is 12.3 Å². The Morgan fingerprint density at radius 2 is 1.90 bits per heavy atom. The Labute approximate surface area is 117 Å².